The highest BCUT2D eigenvalue weighted by atomic mass is 32.2. The predicted molar refractivity (Wildman–Crippen MR) is 103 cm³/mol. The Morgan fingerprint density at radius 1 is 1.37 bits per heavy atom. The van der Waals surface area contributed by atoms with Crippen LogP contribution in [-0.4, -0.2) is 61.4 Å². The Hall–Kier alpha value is -1.91. The van der Waals surface area contributed by atoms with E-state index in [0.717, 1.165) is 0 Å². The largest absolute Gasteiger partial charge is 0.497 e. The molecule has 0 radical (unpaired) electrons. The molecule has 1 fully saturated rings. The Morgan fingerprint density at radius 3 is 2.74 bits per heavy atom. The van der Waals surface area contributed by atoms with Crippen LogP contribution in [0.15, 0.2) is 22.6 Å². The number of hydrogen-bond donors (Lipinski definition) is 0. The molecule has 148 valence electrons. The van der Waals surface area contributed by atoms with Gasteiger partial charge in [-0.2, -0.15) is 0 Å². The van der Waals surface area contributed by atoms with Crippen LogP contribution in [0.25, 0.3) is 11.5 Å². The van der Waals surface area contributed by atoms with Gasteiger partial charge in [-0.15, -0.1) is 5.10 Å². The van der Waals surface area contributed by atoms with E-state index in [4.69, 9.17) is 26.1 Å². The van der Waals surface area contributed by atoms with Crippen molar-refractivity contribution < 1.29 is 22.3 Å². The van der Waals surface area contributed by atoms with Gasteiger partial charge in [-0.1, -0.05) is 6.92 Å². The number of nitrogens with zero attached hydrogens (tertiary/aromatic N) is 3. The molecule has 0 N–H and O–H groups in total. The molecule has 0 bridgehead atoms. The normalized spacial score (nSPS) is 18.7. The molecular weight excluding hydrogens is 390 g/mol. The summed E-state index contributed by atoms with van der Waals surface area (Å²) in [5.74, 6) is 1.97. The standard InChI is InChI=1S/C17H23N3O5S2/c1-4-19(12-7-8-27(21,22)10-12)11-20-17(26)25-16(18-20)14-6-5-13(23-2)9-15(14)24-3/h5-6,9,12H,4,7-8,10-11H2,1-3H3/t12-/m1/s1. The first-order valence-electron chi connectivity index (χ1n) is 8.61. The Kier molecular flexibility index (Phi) is 5.87. The molecule has 0 spiro atoms. The van der Waals surface area contributed by atoms with Gasteiger partial charge in [0.05, 0.1) is 38.0 Å². The van der Waals surface area contributed by atoms with E-state index in [1.54, 1.807) is 37.1 Å². The second kappa shape index (κ2) is 7.99. The van der Waals surface area contributed by atoms with Crippen LogP contribution < -0.4 is 9.47 Å². The lowest BCUT2D eigenvalue weighted by Gasteiger charge is -2.25. The quantitative estimate of drug-likeness (QED) is 0.640. The molecule has 3 rings (SSSR count). The molecule has 1 aromatic carbocycles. The van der Waals surface area contributed by atoms with E-state index in [9.17, 15) is 8.42 Å². The van der Waals surface area contributed by atoms with Gasteiger partial charge in [-0.3, -0.25) is 4.90 Å². The van der Waals surface area contributed by atoms with Crippen LogP contribution in [0.3, 0.4) is 0 Å². The van der Waals surface area contributed by atoms with Crippen molar-refractivity contribution in [1.82, 2.24) is 14.7 Å². The summed E-state index contributed by atoms with van der Waals surface area (Å²) in [4.78, 5) is 2.28. The molecule has 1 atom stereocenters. The van der Waals surface area contributed by atoms with Crippen LogP contribution in [0, 0.1) is 4.84 Å². The number of benzene rings is 1. The van der Waals surface area contributed by atoms with Crippen LogP contribution in [-0.2, 0) is 16.5 Å². The summed E-state index contributed by atoms with van der Waals surface area (Å²) in [5, 5.41) is 4.47. The van der Waals surface area contributed by atoms with Crippen molar-refractivity contribution in [1.29, 1.82) is 0 Å². The summed E-state index contributed by atoms with van der Waals surface area (Å²) in [6, 6.07) is 5.30. The third-order valence-electron chi connectivity index (χ3n) is 4.69. The van der Waals surface area contributed by atoms with E-state index >= 15 is 0 Å². The fourth-order valence-corrected chi connectivity index (χ4v) is 5.13. The van der Waals surface area contributed by atoms with Crippen molar-refractivity contribution in [2.75, 3.05) is 32.3 Å². The zero-order chi connectivity index (χ0) is 19.6. The van der Waals surface area contributed by atoms with E-state index in [0.29, 0.717) is 42.6 Å². The molecule has 0 amide bonds. The minimum absolute atomic E-state index is 0.0300. The molecule has 1 saturated heterocycles. The third kappa shape index (κ3) is 4.33. The van der Waals surface area contributed by atoms with Crippen LogP contribution in [0.5, 0.6) is 11.5 Å². The SMILES string of the molecule is CCN(Cn1nc(-c2ccc(OC)cc2OC)oc1=S)[C@@H]1CCS(=O)(=O)C1. The second-order valence-corrected chi connectivity index (χ2v) is 8.92. The Labute approximate surface area is 163 Å². The van der Waals surface area contributed by atoms with E-state index < -0.39 is 9.84 Å². The summed E-state index contributed by atoms with van der Waals surface area (Å²) < 4.78 is 41.4. The zero-order valence-corrected chi connectivity index (χ0v) is 17.2. The van der Waals surface area contributed by atoms with Gasteiger partial charge < -0.3 is 13.9 Å². The average Bonchev–Trinajstić information content (AvgIpc) is 3.20. The summed E-state index contributed by atoms with van der Waals surface area (Å²) in [7, 11) is 0.184. The summed E-state index contributed by atoms with van der Waals surface area (Å²) in [5.41, 5.74) is 0.662. The lowest BCUT2D eigenvalue weighted by molar-refractivity contribution is 0.162. The van der Waals surface area contributed by atoms with Gasteiger partial charge >= 0.3 is 0 Å². The van der Waals surface area contributed by atoms with Crippen molar-refractivity contribution >= 4 is 22.1 Å². The lowest BCUT2D eigenvalue weighted by Crippen LogP contribution is -2.37. The molecule has 1 aliphatic heterocycles. The molecule has 0 saturated carbocycles. The smallest absolute Gasteiger partial charge is 0.288 e. The lowest BCUT2D eigenvalue weighted by atomic mass is 10.2. The zero-order valence-electron chi connectivity index (χ0n) is 15.5. The molecule has 1 aromatic heterocycles. The van der Waals surface area contributed by atoms with Crippen LogP contribution in [0.4, 0.5) is 0 Å². The number of rotatable bonds is 7. The highest BCUT2D eigenvalue weighted by Crippen LogP contribution is 2.32. The first-order valence-corrected chi connectivity index (χ1v) is 10.8. The van der Waals surface area contributed by atoms with Gasteiger partial charge in [0.25, 0.3) is 10.7 Å². The van der Waals surface area contributed by atoms with Crippen molar-refractivity contribution in [2.24, 2.45) is 0 Å². The van der Waals surface area contributed by atoms with Gasteiger partial charge in [-0.05, 0) is 37.3 Å². The van der Waals surface area contributed by atoms with E-state index in [1.165, 1.54) is 0 Å². The molecule has 27 heavy (non-hydrogen) atoms. The molecule has 8 nitrogen and oxygen atoms in total. The fraction of sp³-hybridized carbons (Fsp3) is 0.529. The minimum Gasteiger partial charge on any atom is -0.497 e. The fourth-order valence-electron chi connectivity index (χ4n) is 3.19. The van der Waals surface area contributed by atoms with Crippen LogP contribution >= 0.6 is 12.2 Å². The van der Waals surface area contributed by atoms with Crippen molar-refractivity contribution in [3.05, 3.63) is 23.0 Å². The maximum Gasteiger partial charge on any atom is 0.288 e. The maximum absolute atomic E-state index is 11.8. The van der Waals surface area contributed by atoms with Gasteiger partial charge in [0.2, 0.25) is 0 Å². The molecule has 2 aromatic rings. The average molecular weight is 414 g/mol. The van der Waals surface area contributed by atoms with Gasteiger partial charge in [0.1, 0.15) is 11.5 Å². The van der Waals surface area contributed by atoms with Crippen LogP contribution in [0.1, 0.15) is 13.3 Å². The highest BCUT2D eigenvalue weighted by Gasteiger charge is 2.32. The monoisotopic (exact) mass is 413 g/mol. The third-order valence-corrected chi connectivity index (χ3v) is 6.74. The van der Waals surface area contributed by atoms with Crippen LogP contribution in [0.2, 0.25) is 0 Å². The van der Waals surface area contributed by atoms with Crippen molar-refractivity contribution in [2.45, 2.75) is 26.1 Å². The van der Waals surface area contributed by atoms with Gasteiger partial charge in [0.15, 0.2) is 9.84 Å². The van der Waals surface area contributed by atoms with E-state index in [2.05, 4.69) is 10.00 Å². The van der Waals surface area contributed by atoms with E-state index in [-0.39, 0.29) is 22.4 Å². The molecule has 0 aliphatic carbocycles. The Morgan fingerprint density at radius 2 is 2.15 bits per heavy atom. The number of methoxy groups -OCH3 is 2. The van der Waals surface area contributed by atoms with Gasteiger partial charge in [0, 0.05) is 12.1 Å². The minimum atomic E-state index is -2.96. The number of aromatic nitrogens is 2. The summed E-state index contributed by atoms with van der Waals surface area (Å²) in [6.45, 7) is 3.05. The maximum atomic E-state index is 11.8. The molecule has 2 heterocycles. The van der Waals surface area contributed by atoms with Gasteiger partial charge in [-0.25, -0.2) is 13.1 Å². The first-order chi connectivity index (χ1) is 12.9. The van der Waals surface area contributed by atoms with E-state index in [1.807, 2.05) is 6.92 Å². The molecule has 10 heteroatoms. The number of sulfone groups is 1. The number of hydrogen-bond acceptors (Lipinski definition) is 8. The number of ether oxygens (including phenoxy) is 2. The summed E-state index contributed by atoms with van der Waals surface area (Å²) >= 11 is 5.31. The summed E-state index contributed by atoms with van der Waals surface area (Å²) in [6.07, 6.45) is 0.626. The topological polar surface area (TPSA) is 86.8 Å². The highest BCUT2D eigenvalue weighted by molar-refractivity contribution is 7.91. The molecule has 0 unspecified atom stereocenters. The second-order valence-electron chi connectivity index (χ2n) is 6.34. The Balaban J connectivity index is 1.85. The molecule has 1 aliphatic rings. The first kappa shape index (κ1) is 19.8. The van der Waals surface area contributed by atoms with Crippen molar-refractivity contribution in [3.8, 4) is 23.0 Å². The van der Waals surface area contributed by atoms with Crippen molar-refractivity contribution in [3.63, 3.8) is 0 Å². The molecular formula is C17H23N3O5S2. The predicted octanol–water partition coefficient (Wildman–Crippen LogP) is 2.36. The Bertz CT molecular complexity index is 967.